The maximum Gasteiger partial charge on any atom is 0.238 e. The first-order valence-electron chi connectivity index (χ1n) is 14.6. The van der Waals surface area contributed by atoms with Crippen LogP contribution in [-0.4, -0.2) is 77.3 Å². The number of hydrogen-bond acceptors (Lipinski definition) is 7. The van der Waals surface area contributed by atoms with E-state index in [0.717, 1.165) is 0 Å². The van der Waals surface area contributed by atoms with Gasteiger partial charge in [0.15, 0.2) is 5.78 Å². The van der Waals surface area contributed by atoms with Crippen LogP contribution >= 0.6 is 0 Å². The Labute approximate surface area is 239 Å². The highest BCUT2D eigenvalue weighted by atomic mass is 16.2. The van der Waals surface area contributed by atoms with Crippen LogP contribution in [0.1, 0.15) is 93.4 Å². The molecule has 0 bridgehead atoms. The van der Waals surface area contributed by atoms with Gasteiger partial charge in [0, 0.05) is 31.7 Å². The van der Waals surface area contributed by atoms with E-state index in [2.05, 4.69) is 16.2 Å². The summed E-state index contributed by atoms with van der Waals surface area (Å²) in [6.07, 6.45) is 3.07. The van der Waals surface area contributed by atoms with E-state index in [0.29, 0.717) is 38.8 Å². The van der Waals surface area contributed by atoms with E-state index in [-0.39, 0.29) is 78.3 Å². The third kappa shape index (κ3) is 11.3. The van der Waals surface area contributed by atoms with E-state index in [9.17, 15) is 28.8 Å². The SMILES string of the molecule is CC(=O)[C@@H](NC(=O)C(C(C)C)N(C)CCCC(=O)NNC(=O)CCCCCN1C(=O)CC(C(C)C)C1=O)C(C)C. The number of rotatable bonds is 17. The second-order valence-electron chi connectivity index (χ2n) is 12.0. The zero-order valence-corrected chi connectivity index (χ0v) is 25.7. The average molecular weight is 566 g/mol. The van der Waals surface area contributed by atoms with Gasteiger partial charge >= 0.3 is 0 Å². The van der Waals surface area contributed by atoms with Crippen molar-refractivity contribution >= 4 is 35.3 Å². The zero-order chi connectivity index (χ0) is 30.6. The van der Waals surface area contributed by atoms with Crippen LogP contribution < -0.4 is 16.2 Å². The number of amides is 5. The molecule has 1 fully saturated rings. The van der Waals surface area contributed by atoms with Crippen molar-refractivity contribution in [3.8, 4) is 0 Å². The summed E-state index contributed by atoms with van der Waals surface area (Å²) in [7, 11) is 1.82. The maximum absolute atomic E-state index is 12.9. The lowest BCUT2D eigenvalue weighted by molar-refractivity contribution is -0.140. The lowest BCUT2D eigenvalue weighted by Gasteiger charge is -2.32. The molecule has 1 rings (SSSR count). The molecule has 0 saturated carbocycles. The Kier molecular flexibility index (Phi) is 15.0. The quantitative estimate of drug-likeness (QED) is 0.139. The first-order valence-corrected chi connectivity index (χ1v) is 14.6. The van der Waals surface area contributed by atoms with Crippen LogP contribution in [0.5, 0.6) is 0 Å². The van der Waals surface area contributed by atoms with E-state index in [4.69, 9.17) is 0 Å². The second kappa shape index (κ2) is 17.1. The monoisotopic (exact) mass is 565 g/mol. The number of hydrazine groups is 1. The van der Waals surface area contributed by atoms with Gasteiger partial charge in [-0.2, -0.15) is 0 Å². The molecule has 1 aliphatic heterocycles. The number of Topliss-reactive ketones (excluding diaryl/α,β-unsaturated/α-hetero) is 1. The van der Waals surface area contributed by atoms with Crippen molar-refractivity contribution in [1.82, 2.24) is 26.0 Å². The fourth-order valence-corrected chi connectivity index (χ4v) is 5.08. The molecule has 5 amide bonds. The van der Waals surface area contributed by atoms with Crippen molar-refractivity contribution < 1.29 is 28.8 Å². The number of likely N-dealkylation sites (N-methyl/N-ethyl adjacent to an activating group) is 1. The smallest absolute Gasteiger partial charge is 0.238 e. The summed E-state index contributed by atoms with van der Waals surface area (Å²) in [5.41, 5.74) is 4.84. The molecule has 1 saturated heterocycles. The van der Waals surface area contributed by atoms with Crippen LogP contribution in [0.4, 0.5) is 0 Å². The normalized spacial score (nSPS) is 17.1. The zero-order valence-electron chi connectivity index (χ0n) is 25.7. The number of nitrogens with zero attached hydrogens (tertiary/aromatic N) is 2. The molecule has 228 valence electrons. The molecule has 0 aromatic carbocycles. The Morgan fingerprint density at radius 3 is 1.93 bits per heavy atom. The molecule has 0 radical (unpaired) electrons. The average Bonchev–Trinajstić information content (AvgIpc) is 3.13. The summed E-state index contributed by atoms with van der Waals surface area (Å²) in [6, 6.07) is -0.978. The van der Waals surface area contributed by atoms with Crippen LogP contribution in [0.25, 0.3) is 0 Å². The third-order valence-corrected chi connectivity index (χ3v) is 7.40. The molecule has 1 aliphatic rings. The molecular formula is C29H51N5O6. The van der Waals surface area contributed by atoms with Crippen LogP contribution in [0.15, 0.2) is 0 Å². The summed E-state index contributed by atoms with van der Waals surface area (Å²) < 4.78 is 0. The van der Waals surface area contributed by atoms with E-state index in [1.54, 1.807) is 0 Å². The number of carbonyl (C=O) groups excluding carboxylic acids is 6. The summed E-state index contributed by atoms with van der Waals surface area (Å²) in [5, 5.41) is 2.87. The van der Waals surface area contributed by atoms with Gasteiger partial charge < -0.3 is 5.32 Å². The molecule has 0 aromatic heterocycles. The number of hydrogen-bond donors (Lipinski definition) is 3. The van der Waals surface area contributed by atoms with Crippen LogP contribution in [0.2, 0.25) is 0 Å². The lowest BCUT2D eigenvalue weighted by Crippen LogP contribution is -2.54. The van der Waals surface area contributed by atoms with Crippen molar-refractivity contribution in [2.24, 2.45) is 23.7 Å². The number of likely N-dealkylation sites (tertiary alicyclic amines) is 1. The fourth-order valence-electron chi connectivity index (χ4n) is 5.08. The van der Waals surface area contributed by atoms with Crippen molar-refractivity contribution in [2.75, 3.05) is 20.1 Å². The molecule has 11 nitrogen and oxygen atoms in total. The largest absolute Gasteiger partial charge is 0.345 e. The number of nitrogens with one attached hydrogen (secondary N) is 3. The molecule has 3 N–H and O–H groups in total. The molecule has 0 spiro atoms. The second-order valence-corrected chi connectivity index (χ2v) is 12.0. The van der Waals surface area contributed by atoms with Gasteiger partial charge in [0.2, 0.25) is 29.5 Å². The van der Waals surface area contributed by atoms with Crippen molar-refractivity contribution in [3.05, 3.63) is 0 Å². The molecule has 3 atom stereocenters. The van der Waals surface area contributed by atoms with Gasteiger partial charge in [-0.15, -0.1) is 0 Å². The Hall–Kier alpha value is -2.82. The van der Waals surface area contributed by atoms with Crippen LogP contribution in [-0.2, 0) is 28.8 Å². The van der Waals surface area contributed by atoms with Gasteiger partial charge in [-0.25, -0.2) is 0 Å². The van der Waals surface area contributed by atoms with Crippen molar-refractivity contribution in [3.63, 3.8) is 0 Å². The molecule has 40 heavy (non-hydrogen) atoms. The number of ketones is 1. The number of unbranched alkanes of at least 4 members (excludes halogenated alkanes) is 2. The molecule has 11 heteroatoms. The minimum absolute atomic E-state index is 0.00571. The Balaban J connectivity index is 2.30. The minimum atomic E-state index is -0.535. The Bertz CT molecular complexity index is 903. The van der Waals surface area contributed by atoms with Gasteiger partial charge in [0.05, 0.1) is 12.1 Å². The van der Waals surface area contributed by atoms with Gasteiger partial charge in [0.1, 0.15) is 0 Å². The van der Waals surface area contributed by atoms with Gasteiger partial charge in [0.25, 0.3) is 0 Å². The van der Waals surface area contributed by atoms with Crippen LogP contribution in [0, 0.1) is 23.7 Å². The van der Waals surface area contributed by atoms with E-state index < -0.39 is 12.1 Å². The summed E-state index contributed by atoms with van der Waals surface area (Å²) >= 11 is 0. The Morgan fingerprint density at radius 2 is 1.45 bits per heavy atom. The first kappa shape index (κ1) is 35.2. The topological polar surface area (TPSA) is 145 Å². The summed E-state index contributed by atoms with van der Waals surface area (Å²) in [5.74, 6) is -1.23. The maximum atomic E-state index is 12.9. The highest BCUT2D eigenvalue weighted by molar-refractivity contribution is 6.03. The fraction of sp³-hybridized carbons (Fsp3) is 0.793. The van der Waals surface area contributed by atoms with Crippen LogP contribution in [0.3, 0.4) is 0 Å². The molecule has 2 unspecified atom stereocenters. The predicted molar refractivity (Wildman–Crippen MR) is 152 cm³/mol. The molecule has 0 aliphatic carbocycles. The summed E-state index contributed by atoms with van der Waals surface area (Å²) in [4.78, 5) is 76.7. The van der Waals surface area contributed by atoms with E-state index >= 15 is 0 Å². The Morgan fingerprint density at radius 1 is 0.875 bits per heavy atom. The first-order chi connectivity index (χ1) is 18.7. The van der Waals surface area contributed by atoms with Gasteiger partial charge in [-0.3, -0.25) is 49.4 Å². The highest BCUT2D eigenvalue weighted by Gasteiger charge is 2.39. The predicted octanol–water partition coefficient (Wildman–Crippen LogP) is 2.19. The van der Waals surface area contributed by atoms with E-state index in [1.807, 2.05) is 53.5 Å². The molecule has 0 aromatic rings. The standard InChI is InChI=1S/C29H51N5O6/c1-18(2)22-17-25(38)34(29(22)40)16-11-9-10-13-23(36)31-32-24(37)14-12-15-33(8)27(20(5)6)28(39)30-26(19(3)4)21(7)35/h18-20,22,26-27H,9-17H2,1-8H3,(H,30,39)(H,31,36)(H,32,37)/t22?,26-,27?/m0/s1. The minimum Gasteiger partial charge on any atom is -0.345 e. The number of imide groups is 1. The van der Waals surface area contributed by atoms with Gasteiger partial charge in [-0.1, -0.05) is 48.0 Å². The molecular weight excluding hydrogens is 514 g/mol. The lowest BCUT2D eigenvalue weighted by atomic mass is 9.94. The molecule has 1 heterocycles. The van der Waals surface area contributed by atoms with E-state index in [1.165, 1.54) is 11.8 Å². The van der Waals surface area contributed by atoms with Crippen molar-refractivity contribution in [1.29, 1.82) is 0 Å². The third-order valence-electron chi connectivity index (χ3n) is 7.40. The number of carbonyl (C=O) groups is 6. The highest BCUT2D eigenvalue weighted by Crippen LogP contribution is 2.26. The van der Waals surface area contributed by atoms with Gasteiger partial charge in [-0.05, 0) is 57.5 Å². The van der Waals surface area contributed by atoms with Crippen molar-refractivity contribution in [2.45, 2.75) is 105 Å². The summed E-state index contributed by atoms with van der Waals surface area (Å²) in [6.45, 7) is 13.9.